The first-order chi connectivity index (χ1) is 13.1. The zero-order valence-corrected chi connectivity index (χ0v) is 18.5. The number of carbonyl (C=O) groups excluding carboxylic acids is 1. The van der Waals surface area contributed by atoms with Gasteiger partial charge in [-0.1, -0.05) is 24.2 Å². The van der Waals surface area contributed by atoms with Crippen molar-refractivity contribution in [3.8, 4) is 0 Å². The fraction of sp³-hybridized carbons (Fsp3) is 0.524. The molecule has 1 saturated heterocycles. The van der Waals surface area contributed by atoms with Gasteiger partial charge in [0, 0.05) is 29.3 Å². The van der Waals surface area contributed by atoms with Crippen LogP contribution in [0.2, 0.25) is 0 Å². The highest BCUT2D eigenvalue weighted by molar-refractivity contribution is 7.98. The van der Waals surface area contributed by atoms with E-state index in [-0.39, 0.29) is 18.3 Å². The Kier molecular flexibility index (Phi) is 8.86. The zero-order chi connectivity index (χ0) is 19.2. The third-order valence-electron chi connectivity index (χ3n) is 5.26. The highest BCUT2D eigenvalue weighted by atomic mass is 35.5. The van der Waals surface area contributed by atoms with Gasteiger partial charge in [0.15, 0.2) is 0 Å². The van der Waals surface area contributed by atoms with E-state index in [9.17, 15) is 4.79 Å². The molecule has 3 rings (SSSR count). The van der Waals surface area contributed by atoms with Crippen LogP contribution in [-0.2, 0) is 5.75 Å². The number of rotatable bonds is 7. The first-order valence-electron chi connectivity index (χ1n) is 9.73. The van der Waals surface area contributed by atoms with Gasteiger partial charge in [-0.25, -0.2) is 0 Å². The van der Waals surface area contributed by atoms with Crippen LogP contribution in [0.5, 0.6) is 0 Å². The largest absolute Gasteiger partial charge is 0.361 e. The van der Waals surface area contributed by atoms with Crippen molar-refractivity contribution >= 4 is 30.1 Å². The van der Waals surface area contributed by atoms with Crippen LogP contribution in [0, 0.1) is 19.8 Å². The Balaban J connectivity index is 0.00000280. The Labute approximate surface area is 178 Å². The van der Waals surface area contributed by atoms with Crippen LogP contribution in [0.1, 0.15) is 47.1 Å². The van der Waals surface area contributed by atoms with Crippen LogP contribution >= 0.6 is 24.2 Å². The summed E-state index contributed by atoms with van der Waals surface area (Å²) in [5, 5.41) is 7.44. The molecule has 1 aromatic carbocycles. The molecule has 0 spiro atoms. The number of nitrogens with one attached hydrogen (secondary N) is 1. The molecule has 1 aromatic heterocycles. The molecule has 0 unspecified atom stereocenters. The zero-order valence-electron chi connectivity index (χ0n) is 16.9. The van der Waals surface area contributed by atoms with Crippen LogP contribution in [-0.4, -0.2) is 42.1 Å². The summed E-state index contributed by atoms with van der Waals surface area (Å²) >= 11 is 1.68. The van der Waals surface area contributed by atoms with Gasteiger partial charge in [-0.3, -0.25) is 4.79 Å². The van der Waals surface area contributed by atoms with Crippen LogP contribution in [0.3, 0.4) is 0 Å². The molecule has 1 aliphatic rings. The Bertz CT molecular complexity index is 753. The van der Waals surface area contributed by atoms with Crippen molar-refractivity contribution in [1.82, 2.24) is 15.4 Å². The molecule has 0 atom stereocenters. The Hall–Kier alpha value is -1.50. The third kappa shape index (κ3) is 5.52. The minimum absolute atomic E-state index is 0. The number of thioether (sulfide) groups is 1. The number of carbonyl (C=O) groups is 1. The Morgan fingerprint density at radius 3 is 2.64 bits per heavy atom. The van der Waals surface area contributed by atoms with Crippen molar-refractivity contribution < 1.29 is 9.32 Å². The molecule has 1 fully saturated rings. The quantitative estimate of drug-likeness (QED) is 0.666. The molecule has 28 heavy (non-hydrogen) atoms. The van der Waals surface area contributed by atoms with E-state index in [4.69, 9.17) is 4.52 Å². The lowest BCUT2D eigenvalue weighted by molar-refractivity contribution is 0.0687. The summed E-state index contributed by atoms with van der Waals surface area (Å²) in [4.78, 5) is 16.1. The van der Waals surface area contributed by atoms with Crippen molar-refractivity contribution in [3.63, 3.8) is 0 Å². The van der Waals surface area contributed by atoms with Gasteiger partial charge in [-0.15, -0.1) is 24.2 Å². The number of hydrogen-bond acceptors (Lipinski definition) is 5. The van der Waals surface area contributed by atoms with Crippen molar-refractivity contribution in [2.24, 2.45) is 5.92 Å². The van der Waals surface area contributed by atoms with Gasteiger partial charge in [-0.05, 0) is 57.8 Å². The van der Waals surface area contributed by atoms with Gasteiger partial charge in [-0.2, -0.15) is 0 Å². The van der Waals surface area contributed by atoms with Crippen molar-refractivity contribution in [2.75, 3.05) is 26.2 Å². The summed E-state index contributed by atoms with van der Waals surface area (Å²) in [5.74, 6) is 2.44. The van der Waals surface area contributed by atoms with Crippen molar-refractivity contribution in [1.29, 1.82) is 0 Å². The number of piperidine rings is 1. The SMILES string of the molecule is CCNCC1CCN(C(=O)c2ccccc2SCc2c(C)noc2C)CC1.Cl. The summed E-state index contributed by atoms with van der Waals surface area (Å²) in [5.41, 5.74) is 2.84. The van der Waals surface area contributed by atoms with Crippen LogP contribution in [0.4, 0.5) is 0 Å². The second-order valence-corrected chi connectivity index (χ2v) is 8.15. The smallest absolute Gasteiger partial charge is 0.254 e. The first-order valence-corrected chi connectivity index (χ1v) is 10.7. The molecule has 0 aliphatic carbocycles. The van der Waals surface area contributed by atoms with Gasteiger partial charge < -0.3 is 14.7 Å². The Morgan fingerprint density at radius 2 is 2.00 bits per heavy atom. The molecule has 0 saturated carbocycles. The van der Waals surface area contributed by atoms with E-state index in [1.54, 1.807) is 11.8 Å². The van der Waals surface area contributed by atoms with Crippen LogP contribution < -0.4 is 5.32 Å². The standard InChI is InChI=1S/C21H29N3O2S.ClH/c1-4-22-13-17-9-11-24(12-10-17)21(25)18-7-5-6-8-20(18)27-14-19-15(2)23-26-16(19)3;/h5-8,17,22H,4,9-14H2,1-3H3;1H. The number of hydrogen-bond donors (Lipinski definition) is 1. The monoisotopic (exact) mass is 423 g/mol. The summed E-state index contributed by atoms with van der Waals surface area (Å²) in [6, 6.07) is 7.93. The second-order valence-electron chi connectivity index (χ2n) is 7.13. The van der Waals surface area contributed by atoms with Crippen LogP contribution in [0.25, 0.3) is 0 Å². The second kappa shape index (κ2) is 10.9. The number of likely N-dealkylation sites (tertiary alicyclic amines) is 1. The normalized spacial score (nSPS) is 14.8. The summed E-state index contributed by atoms with van der Waals surface area (Å²) in [7, 11) is 0. The average Bonchev–Trinajstić information content (AvgIpc) is 3.02. The fourth-order valence-electron chi connectivity index (χ4n) is 3.49. The molecule has 0 radical (unpaired) electrons. The molecular weight excluding hydrogens is 394 g/mol. The molecule has 1 N–H and O–H groups in total. The lowest BCUT2D eigenvalue weighted by Gasteiger charge is -2.32. The predicted molar refractivity (Wildman–Crippen MR) is 116 cm³/mol. The number of aryl methyl sites for hydroxylation is 2. The molecule has 2 heterocycles. The van der Waals surface area contributed by atoms with E-state index >= 15 is 0 Å². The highest BCUT2D eigenvalue weighted by Gasteiger charge is 2.25. The number of nitrogens with zero attached hydrogens (tertiary/aromatic N) is 2. The molecule has 0 bridgehead atoms. The highest BCUT2D eigenvalue weighted by Crippen LogP contribution is 2.30. The number of halogens is 1. The van der Waals surface area contributed by atoms with E-state index < -0.39 is 0 Å². The van der Waals surface area contributed by atoms with Gasteiger partial charge in [0.25, 0.3) is 5.91 Å². The summed E-state index contributed by atoms with van der Waals surface area (Å²) in [6.45, 7) is 9.79. The molecule has 5 nitrogen and oxygen atoms in total. The minimum Gasteiger partial charge on any atom is -0.361 e. The number of benzene rings is 1. The molecular formula is C21H30ClN3O2S. The van der Waals surface area contributed by atoms with Gasteiger partial charge >= 0.3 is 0 Å². The molecule has 7 heteroatoms. The van der Waals surface area contributed by atoms with E-state index in [0.717, 1.165) is 72.3 Å². The number of amides is 1. The van der Waals surface area contributed by atoms with E-state index in [0.29, 0.717) is 5.92 Å². The van der Waals surface area contributed by atoms with Gasteiger partial charge in [0.1, 0.15) is 5.76 Å². The summed E-state index contributed by atoms with van der Waals surface area (Å²) < 4.78 is 5.25. The van der Waals surface area contributed by atoms with Gasteiger partial charge in [0.2, 0.25) is 0 Å². The van der Waals surface area contributed by atoms with Crippen molar-refractivity contribution in [2.45, 2.75) is 44.3 Å². The van der Waals surface area contributed by atoms with Crippen molar-refractivity contribution in [3.05, 3.63) is 46.8 Å². The first kappa shape index (κ1) is 22.8. The maximum Gasteiger partial charge on any atom is 0.254 e. The van der Waals surface area contributed by atoms with E-state index in [1.807, 2.05) is 43.0 Å². The maximum atomic E-state index is 13.1. The lowest BCUT2D eigenvalue weighted by atomic mass is 9.96. The number of aromatic nitrogens is 1. The van der Waals surface area contributed by atoms with E-state index in [2.05, 4.69) is 17.4 Å². The average molecular weight is 424 g/mol. The molecule has 1 amide bonds. The minimum atomic E-state index is 0. The molecule has 1 aliphatic heterocycles. The topological polar surface area (TPSA) is 58.4 Å². The Morgan fingerprint density at radius 1 is 1.29 bits per heavy atom. The van der Waals surface area contributed by atoms with E-state index in [1.165, 1.54) is 0 Å². The summed E-state index contributed by atoms with van der Waals surface area (Å²) in [6.07, 6.45) is 2.15. The third-order valence-corrected chi connectivity index (χ3v) is 6.36. The lowest BCUT2D eigenvalue weighted by Crippen LogP contribution is -2.40. The fourth-order valence-corrected chi connectivity index (χ4v) is 4.68. The van der Waals surface area contributed by atoms with Gasteiger partial charge in [0.05, 0.1) is 11.3 Å². The van der Waals surface area contributed by atoms with Crippen LogP contribution in [0.15, 0.2) is 33.7 Å². The predicted octanol–water partition coefficient (Wildman–Crippen LogP) is 4.47. The molecule has 154 valence electrons. The molecule has 2 aromatic rings. The maximum absolute atomic E-state index is 13.1.